The number of para-hydroxylation sites is 1. The van der Waals surface area contributed by atoms with Crippen LogP contribution >= 0.6 is 0 Å². The number of anilines is 1. The summed E-state index contributed by atoms with van der Waals surface area (Å²) in [5.74, 6) is 0. The molecule has 0 aliphatic carbocycles. The highest BCUT2D eigenvalue weighted by molar-refractivity contribution is 5.53. The molecule has 0 saturated carbocycles. The van der Waals surface area contributed by atoms with Gasteiger partial charge in [0.25, 0.3) is 5.56 Å². The Bertz CT molecular complexity index is 970. The minimum absolute atomic E-state index is 0.328. The monoisotopic (exact) mass is 342 g/mol. The van der Waals surface area contributed by atoms with Gasteiger partial charge in [0.05, 0.1) is 23.8 Å². The predicted octanol–water partition coefficient (Wildman–Crippen LogP) is -0.996. The lowest BCUT2D eigenvalue weighted by atomic mass is 10.3. The van der Waals surface area contributed by atoms with Crippen molar-refractivity contribution in [1.29, 1.82) is 0 Å². The van der Waals surface area contributed by atoms with Crippen LogP contribution in [0.4, 0.5) is 5.69 Å². The van der Waals surface area contributed by atoms with Crippen molar-refractivity contribution in [3.05, 3.63) is 61.7 Å². The van der Waals surface area contributed by atoms with Crippen LogP contribution in [0.3, 0.4) is 0 Å². The molecule has 7 nitrogen and oxygen atoms in total. The fourth-order valence-electron chi connectivity index (χ4n) is 2.75. The first-order valence-corrected chi connectivity index (χ1v) is 8.19. The number of benzene rings is 1. The summed E-state index contributed by atoms with van der Waals surface area (Å²) in [6, 6.07) is 9.57. The van der Waals surface area contributed by atoms with E-state index in [2.05, 4.69) is 10.2 Å². The number of hydrogen-bond donors (Lipinski definition) is 1. The SMILES string of the molecule is Cn1c(=O)c(=C\Nc2ccccc2)/c(=C\N2CCOCC2)n(C)c1=O. The van der Waals surface area contributed by atoms with Crippen LogP contribution in [0.1, 0.15) is 0 Å². The van der Waals surface area contributed by atoms with E-state index in [1.165, 1.54) is 11.6 Å². The lowest BCUT2D eigenvalue weighted by Gasteiger charge is -2.25. The number of hydrogen-bond acceptors (Lipinski definition) is 5. The zero-order chi connectivity index (χ0) is 17.8. The Labute approximate surface area is 145 Å². The van der Waals surface area contributed by atoms with Crippen molar-refractivity contribution >= 4 is 18.1 Å². The van der Waals surface area contributed by atoms with E-state index >= 15 is 0 Å². The second-order valence-electron chi connectivity index (χ2n) is 5.94. The molecule has 1 fully saturated rings. The Morgan fingerprint density at radius 2 is 1.72 bits per heavy atom. The topological polar surface area (TPSA) is 68.5 Å². The molecular weight excluding hydrogens is 320 g/mol. The molecule has 7 heteroatoms. The highest BCUT2D eigenvalue weighted by Crippen LogP contribution is 2.03. The van der Waals surface area contributed by atoms with E-state index in [4.69, 9.17) is 4.74 Å². The van der Waals surface area contributed by atoms with E-state index in [1.807, 2.05) is 36.5 Å². The average molecular weight is 342 g/mol. The standard InChI is InChI=1S/C18H22N4O3/c1-20-16(13-22-8-10-25-11-9-22)15(17(23)21(2)18(20)24)12-19-14-6-4-3-5-7-14/h3-7,12-13,19H,8-11H2,1-2H3/b15-12-,16-13+. The zero-order valence-electron chi connectivity index (χ0n) is 14.4. The highest BCUT2D eigenvalue weighted by atomic mass is 16.5. The lowest BCUT2D eigenvalue weighted by Crippen LogP contribution is -2.58. The molecule has 3 rings (SSSR count). The van der Waals surface area contributed by atoms with Crippen LogP contribution in [0.25, 0.3) is 12.4 Å². The maximum atomic E-state index is 12.6. The van der Waals surface area contributed by atoms with E-state index in [1.54, 1.807) is 13.2 Å². The van der Waals surface area contributed by atoms with Gasteiger partial charge < -0.3 is 15.0 Å². The first kappa shape index (κ1) is 17.0. The number of nitrogens with zero attached hydrogens (tertiary/aromatic N) is 3. The van der Waals surface area contributed by atoms with Crippen LogP contribution < -0.4 is 27.1 Å². The first-order chi connectivity index (χ1) is 12.1. The van der Waals surface area contributed by atoms with Gasteiger partial charge in [0.1, 0.15) is 0 Å². The molecule has 25 heavy (non-hydrogen) atoms. The Kier molecular flexibility index (Phi) is 5.04. The average Bonchev–Trinajstić information content (AvgIpc) is 2.66. The number of nitrogens with one attached hydrogen (secondary N) is 1. The van der Waals surface area contributed by atoms with Gasteiger partial charge in [0, 0.05) is 45.3 Å². The summed E-state index contributed by atoms with van der Waals surface area (Å²) in [5.41, 5.74) is 0.197. The van der Waals surface area contributed by atoms with Gasteiger partial charge in [-0.2, -0.15) is 0 Å². The molecular formula is C18H22N4O3. The van der Waals surface area contributed by atoms with E-state index in [0.29, 0.717) is 23.8 Å². The van der Waals surface area contributed by atoms with Crippen molar-refractivity contribution in [2.75, 3.05) is 31.6 Å². The third-order valence-electron chi connectivity index (χ3n) is 4.25. The molecule has 0 spiro atoms. The molecule has 1 aromatic heterocycles. The van der Waals surface area contributed by atoms with Crippen LogP contribution in [0.2, 0.25) is 0 Å². The highest BCUT2D eigenvalue weighted by Gasteiger charge is 2.09. The molecule has 0 amide bonds. The van der Waals surface area contributed by atoms with Gasteiger partial charge in [-0.05, 0) is 12.1 Å². The Morgan fingerprint density at radius 3 is 2.40 bits per heavy atom. The van der Waals surface area contributed by atoms with Gasteiger partial charge in [-0.3, -0.25) is 13.9 Å². The molecule has 2 aromatic rings. The summed E-state index contributed by atoms with van der Waals surface area (Å²) in [4.78, 5) is 27.0. The van der Waals surface area contributed by atoms with E-state index in [9.17, 15) is 9.59 Å². The largest absolute Gasteiger partial charge is 0.378 e. The molecule has 0 atom stereocenters. The molecule has 1 saturated heterocycles. The second kappa shape index (κ2) is 7.40. The number of aromatic nitrogens is 2. The second-order valence-corrected chi connectivity index (χ2v) is 5.94. The van der Waals surface area contributed by atoms with E-state index < -0.39 is 0 Å². The number of ether oxygens (including phenoxy) is 1. The minimum atomic E-state index is -0.346. The third kappa shape index (κ3) is 3.66. The van der Waals surface area contributed by atoms with E-state index in [0.717, 1.165) is 23.3 Å². The van der Waals surface area contributed by atoms with Crippen LogP contribution in [0.5, 0.6) is 0 Å². The van der Waals surface area contributed by atoms with Gasteiger partial charge in [-0.25, -0.2) is 4.79 Å². The molecule has 2 heterocycles. The van der Waals surface area contributed by atoms with Crippen molar-refractivity contribution in [1.82, 2.24) is 14.0 Å². The van der Waals surface area contributed by atoms with Gasteiger partial charge >= 0.3 is 5.69 Å². The minimum Gasteiger partial charge on any atom is -0.378 e. The third-order valence-corrected chi connectivity index (χ3v) is 4.25. The van der Waals surface area contributed by atoms with Gasteiger partial charge in [-0.1, -0.05) is 18.2 Å². The summed E-state index contributed by atoms with van der Waals surface area (Å²) in [6.45, 7) is 2.73. The Hall–Kier alpha value is -2.80. The van der Waals surface area contributed by atoms with Crippen LogP contribution in [0, 0.1) is 0 Å². The van der Waals surface area contributed by atoms with Gasteiger partial charge in [0.15, 0.2) is 0 Å². The van der Waals surface area contributed by atoms with Crippen LogP contribution in [-0.2, 0) is 18.8 Å². The summed E-state index contributed by atoms with van der Waals surface area (Å²) in [6.07, 6.45) is 3.52. The summed E-state index contributed by atoms with van der Waals surface area (Å²) < 4.78 is 7.97. The normalized spacial score (nSPS) is 16.3. The molecule has 0 bridgehead atoms. The van der Waals surface area contributed by atoms with Crippen molar-refractivity contribution in [3.8, 4) is 0 Å². The summed E-state index contributed by atoms with van der Waals surface area (Å²) in [7, 11) is 3.16. The first-order valence-electron chi connectivity index (χ1n) is 8.19. The fraction of sp³-hybridized carbons (Fsp3) is 0.333. The summed E-state index contributed by atoms with van der Waals surface area (Å²) >= 11 is 0. The smallest absolute Gasteiger partial charge is 0.330 e. The maximum Gasteiger partial charge on any atom is 0.330 e. The number of rotatable bonds is 3. The van der Waals surface area contributed by atoms with Crippen molar-refractivity contribution in [3.63, 3.8) is 0 Å². The Balaban J connectivity index is 2.17. The fourth-order valence-corrected chi connectivity index (χ4v) is 2.75. The summed E-state index contributed by atoms with van der Waals surface area (Å²) in [5, 5.41) is 4.16. The molecule has 1 aliphatic rings. The predicted molar refractivity (Wildman–Crippen MR) is 97.6 cm³/mol. The quantitative estimate of drug-likeness (QED) is 0.775. The Morgan fingerprint density at radius 1 is 1.04 bits per heavy atom. The van der Waals surface area contributed by atoms with Gasteiger partial charge in [0.2, 0.25) is 0 Å². The van der Waals surface area contributed by atoms with Gasteiger partial charge in [-0.15, -0.1) is 0 Å². The van der Waals surface area contributed by atoms with Crippen molar-refractivity contribution < 1.29 is 4.74 Å². The molecule has 1 N–H and O–H groups in total. The molecule has 0 radical (unpaired) electrons. The van der Waals surface area contributed by atoms with Crippen molar-refractivity contribution in [2.24, 2.45) is 14.1 Å². The molecule has 1 aromatic carbocycles. The van der Waals surface area contributed by atoms with Crippen molar-refractivity contribution in [2.45, 2.75) is 0 Å². The molecule has 132 valence electrons. The van der Waals surface area contributed by atoms with E-state index in [-0.39, 0.29) is 11.2 Å². The maximum absolute atomic E-state index is 12.6. The van der Waals surface area contributed by atoms with Crippen LogP contribution in [-0.4, -0.2) is 40.3 Å². The van der Waals surface area contributed by atoms with Crippen LogP contribution in [0.15, 0.2) is 39.9 Å². The molecule has 0 unspecified atom stereocenters. The molecule has 1 aliphatic heterocycles. The lowest BCUT2D eigenvalue weighted by molar-refractivity contribution is 0.0661. The number of morpholine rings is 1. The zero-order valence-corrected chi connectivity index (χ0v) is 14.4.